The molecule has 1 saturated heterocycles. The van der Waals surface area contributed by atoms with Crippen LogP contribution in [-0.4, -0.2) is 44.1 Å². The van der Waals surface area contributed by atoms with Crippen LogP contribution >= 0.6 is 0 Å². The zero-order valence-electron chi connectivity index (χ0n) is 17.6. The number of fused-ring (bicyclic) bond motifs is 1. The van der Waals surface area contributed by atoms with Gasteiger partial charge in [-0.25, -0.2) is 14.8 Å². The lowest BCUT2D eigenvalue weighted by Gasteiger charge is -2.29. The zero-order chi connectivity index (χ0) is 21.9. The van der Waals surface area contributed by atoms with Crippen LogP contribution in [0.25, 0.3) is 22.6 Å². The number of piperidine rings is 1. The van der Waals surface area contributed by atoms with E-state index in [0.29, 0.717) is 31.3 Å². The summed E-state index contributed by atoms with van der Waals surface area (Å²) < 4.78 is 5.86. The summed E-state index contributed by atoms with van der Waals surface area (Å²) in [6.07, 6.45) is 2.65. The average molecular weight is 428 g/mol. The first kappa shape index (κ1) is 20.1. The Bertz CT molecular complexity index is 1210. The van der Waals surface area contributed by atoms with Crippen molar-refractivity contribution in [2.75, 3.05) is 13.1 Å². The van der Waals surface area contributed by atoms with Crippen molar-refractivity contribution in [1.82, 2.24) is 19.9 Å². The lowest BCUT2D eigenvalue weighted by atomic mass is 9.90. The predicted octanol–water partition coefficient (Wildman–Crippen LogP) is 5.06. The Morgan fingerprint density at radius 2 is 1.84 bits per heavy atom. The second-order valence-electron chi connectivity index (χ2n) is 8.07. The summed E-state index contributed by atoms with van der Waals surface area (Å²) in [6, 6.07) is 20.0. The van der Waals surface area contributed by atoms with Gasteiger partial charge in [-0.1, -0.05) is 30.3 Å². The number of rotatable bonds is 5. The van der Waals surface area contributed by atoms with Crippen molar-refractivity contribution in [3.63, 3.8) is 0 Å². The molecule has 0 atom stereocenters. The van der Waals surface area contributed by atoms with Crippen molar-refractivity contribution in [2.45, 2.75) is 25.4 Å². The van der Waals surface area contributed by atoms with Gasteiger partial charge in [-0.2, -0.15) is 0 Å². The minimum atomic E-state index is -0.841. The van der Waals surface area contributed by atoms with Gasteiger partial charge in [-0.05, 0) is 60.2 Å². The molecule has 7 nitrogen and oxygen atoms in total. The normalized spacial score (nSPS) is 14.6. The minimum absolute atomic E-state index is 0.315. The highest BCUT2D eigenvalue weighted by Crippen LogP contribution is 2.30. The van der Waals surface area contributed by atoms with E-state index >= 15 is 0 Å². The van der Waals surface area contributed by atoms with Crippen LogP contribution in [-0.2, 0) is 6.61 Å². The Morgan fingerprint density at radius 3 is 2.56 bits per heavy atom. The zero-order valence-corrected chi connectivity index (χ0v) is 17.6. The smallest absolute Gasteiger partial charge is 0.407 e. The summed E-state index contributed by atoms with van der Waals surface area (Å²) in [5.74, 6) is 1.89. The van der Waals surface area contributed by atoms with E-state index in [1.54, 1.807) is 0 Å². The van der Waals surface area contributed by atoms with Crippen LogP contribution in [0.1, 0.15) is 29.9 Å². The summed E-state index contributed by atoms with van der Waals surface area (Å²) in [5.41, 5.74) is 4.79. The summed E-state index contributed by atoms with van der Waals surface area (Å²) in [4.78, 5) is 25.2. The maximum Gasteiger partial charge on any atom is 0.407 e. The first-order chi connectivity index (χ1) is 15.7. The fourth-order valence-electron chi connectivity index (χ4n) is 4.13. The third-order valence-corrected chi connectivity index (χ3v) is 5.97. The molecule has 0 bridgehead atoms. The van der Waals surface area contributed by atoms with Gasteiger partial charge < -0.3 is 19.7 Å². The number of H-pyrrole nitrogens is 1. The third kappa shape index (κ3) is 4.27. The molecule has 3 heterocycles. The summed E-state index contributed by atoms with van der Waals surface area (Å²) >= 11 is 0. The molecule has 2 aromatic heterocycles. The Balaban J connectivity index is 1.28. The van der Waals surface area contributed by atoms with Crippen LogP contribution in [0.4, 0.5) is 4.79 Å². The molecule has 0 unspecified atom stereocenters. The molecule has 4 aromatic rings. The first-order valence-corrected chi connectivity index (χ1v) is 10.8. The van der Waals surface area contributed by atoms with Gasteiger partial charge in [0.1, 0.15) is 18.2 Å². The number of likely N-dealkylation sites (tertiary alicyclic amines) is 1. The highest BCUT2D eigenvalue weighted by Gasteiger charge is 2.24. The monoisotopic (exact) mass is 428 g/mol. The van der Waals surface area contributed by atoms with Crippen LogP contribution in [0, 0.1) is 0 Å². The predicted molar refractivity (Wildman–Crippen MR) is 122 cm³/mol. The number of ether oxygens (including phenoxy) is 1. The van der Waals surface area contributed by atoms with Crippen LogP contribution in [0.5, 0.6) is 5.75 Å². The molecule has 2 aromatic carbocycles. The Labute approximate surface area is 185 Å². The van der Waals surface area contributed by atoms with Crippen molar-refractivity contribution in [3.8, 4) is 17.1 Å². The van der Waals surface area contributed by atoms with E-state index in [1.807, 2.05) is 60.8 Å². The molecule has 162 valence electrons. The highest BCUT2D eigenvalue weighted by molar-refractivity contribution is 5.76. The standard InChI is InChI=1S/C25H24N4O3/c30-25(31)29-12-10-18(11-13-29)20-14-22-24(26-15-20)28-23(27-22)19-6-8-21(9-7-19)32-16-17-4-2-1-3-5-17/h1-9,14-15,18H,10-13,16H2,(H,30,31)(H,26,27,28). The molecule has 0 saturated carbocycles. The number of imidazole rings is 1. The molecular formula is C25H24N4O3. The highest BCUT2D eigenvalue weighted by atomic mass is 16.5. The van der Waals surface area contributed by atoms with E-state index in [4.69, 9.17) is 9.84 Å². The maximum absolute atomic E-state index is 11.1. The van der Waals surface area contributed by atoms with Gasteiger partial charge in [0.25, 0.3) is 0 Å². The van der Waals surface area contributed by atoms with Crippen molar-refractivity contribution in [1.29, 1.82) is 0 Å². The maximum atomic E-state index is 11.1. The van der Waals surface area contributed by atoms with Crippen molar-refractivity contribution < 1.29 is 14.6 Å². The number of amides is 1. The number of carbonyl (C=O) groups is 1. The topological polar surface area (TPSA) is 91.3 Å². The van der Waals surface area contributed by atoms with E-state index < -0.39 is 6.09 Å². The Kier molecular flexibility index (Phi) is 5.46. The lowest BCUT2D eigenvalue weighted by Crippen LogP contribution is -2.36. The van der Waals surface area contributed by atoms with Crippen LogP contribution in [0.3, 0.4) is 0 Å². The molecule has 1 aliphatic rings. The van der Waals surface area contributed by atoms with Crippen molar-refractivity contribution in [3.05, 3.63) is 78.0 Å². The van der Waals surface area contributed by atoms with Gasteiger partial charge >= 0.3 is 6.09 Å². The van der Waals surface area contributed by atoms with Gasteiger partial charge in [0.15, 0.2) is 5.65 Å². The third-order valence-electron chi connectivity index (χ3n) is 5.97. The molecule has 1 aliphatic heterocycles. The molecule has 0 aliphatic carbocycles. The molecule has 1 fully saturated rings. The van der Waals surface area contributed by atoms with E-state index in [0.717, 1.165) is 46.6 Å². The van der Waals surface area contributed by atoms with E-state index in [1.165, 1.54) is 4.90 Å². The van der Waals surface area contributed by atoms with Gasteiger partial charge in [0.2, 0.25) is 0 Å². The van der Waals surface area contributed by atoms with E-state index in [-0.39, 0.29) is 0 Å². The van der Waals surface area contributed by atoms with Crippen molar-refractivity contribution >= 4 is 17.3 Å². The molecule has 2 N–H and O–H groups in total. The van der Waals surface area contributed by atoms with E-state index in [9.17, 15) is 4.79 Å². The number of aromatic amines is 1. The van der Waals surface area contributed by atoms with Crippen molar-refractivity contribution in [2.24, 2.45) is 0 Å². The molecule has 7 heteroatoms. The first-order valence-electron chi connectivity index (χ1n) is 10.8. The van der Waals surface area contributed by atoms with E-state index in [2.05, 4.69) is 21.0 Å². The Morgan fingerprint density at radius 1 is 1.09 bits per heavy atom. The summed E-state index contributed by atoms with van der Waals surface area (Å²) in [6.45, 7) is 1.65. The van der Waals surface area contributed by atoms with Gasteiger partial charge in [0, 0.05) is 24.8 Å². The molecular weight excluding hydrogens is 404 g/mol. The lowest BCUT2D eigenvalue weighted by molar-refractivity contribution is 0.132. The fourth-order valence-corrected chi connectivity index (χ4v) is 4.13. The summed E-state index contributed by atoms with van der Waals surface area (Å²) in [7, 11) is 0. The van der Waals surface area contributed by atoms with Crippen LogP contribution < -0.4 is 4.74 Å². The molecule has 5 rings (SSSR count). The molecule has 0 radical (unpaired) electrons. The minimum Gasteiger partial charge on any atom is -0.489 e. The van der Waals surface area contributed by atoms with Gasteiger partial charge in [-0.15, -0.1) is 0 Å². The largest absolute Gasteiger partial charge is 0.489 e. The number of carboxylic acid groups (broad SMARTS) is 1. The van der Waals surface area contributed by atoms with Gasteiger partial charge in [-0.3, -0.25) is 0 Å². The Hall–Kier alpha value is -3.87. The average Bonchev–Trinajstić information content (AvgIpc) is 3.27. The molecule has 1 amide bonds. The number of nitrogens with one attached hydrogen (secondary N) is 1. The number of nitrogens with zero attached hydrogens (tertiary/aromatic N) is 3. The number of benzene rings is 2. The number of pyridine rings is 1. The number of hydrogen-bond acceptors (Lipinski definition) is 4. The van der Waals surface area contributed by atoms with Gasteiger partial charge in [0.05, 0.1) is 5.52 Å². The fraction of sp³-hybridized carbons (Fsp3) is 0.240. The molecule has 0 spiro atoms. The second kappa shape index (κ2) is 8.70. The van der Waals surface area contributed by atoms with Crippen LogP contribution in [0.2, 0.25) is 0 Å². The number of aromatic nitrogens is 3. The molecule has 32 heavy (non-hydrogen) atoms. The second-order valence-corrected chi connectivity index (χ2v) is 8.07. The summed E-state index contributed by atoms with van der Waals surface area (Å²) in [5, 5.41) is 9.14. The van der Waals surface area contributed by atoms with Crippen LogP contribution in [0.15, 0.2) is 66.9 Å². The SMILES string of the molecule is O=C(O)N1CCC(c2cnc3nc(-c4ccc(OCc5ccccc5)cc4)[nH]c3c2)CC1. The number of hydrogen-bond donors (Lipinski definition) is 2. The quantitative estimate of drug-likeness (QED) is 0.464.